The highest BCUT2D eigenvalue weighted by Gasteiger charge is 2.28. The third kappa shape index (κ3) is 3.52. The molecule has 1 N–H and O–H groups in total. The summed E-state index contributed by atoms with van der Waals surface area (Å²) in [6.07, 6.45) is 1.91. The van der Waals surface area contributed by atoms with E-state index in [0.29, 0.717) is 17.4 Å². The van der Waals surface area contributed by atoms with Crippen LogP contribution in [0.15, 0.2) is 11.2 Å². The number of guanidine groups is 1. The molecule has 10 heteroatoms. The Morgan fingerprint density at radius 3 is 3.16 bits per heavy atom. The minimum Gasteiger partial charge on any atom is -0.336 e. The number of ether oxygens (including phenoxy) is 1. The number of nitrogens with one attached hydrogen (secondary N) is 1. The first-order chi connectivity index (χ1) is 9.10. The molecule has 0 saturated heterocycles. The van der Waals surface area contributed by atoms with Crippen LogP contribution in [0.1, 0.15) is 11.8 Å². The lowest BCUT2D eigenvalue weighted by atomic mass is 10.3. The third-order valence-corrected chi connectivity index (χ3v) is 3.67. The average Bonchev–Trinajstić information content (AvgIpc) is 2.74. The van der Waals surface area contributed by atoms with Crippen LogP contribution in [0.4, 0.5) is 0 Å². The summed E-state index contributed by atoms with van der Waals surface area (Å²) in [6.45, 7) is 2.50. The van der Waals surface area contributed by atoms with E-state index >= 15 is 0 Å². The first-order valence-corrected chi connectivity index (χ1v) is 6.73. The molecule has 0 saturated carbocycles. The van der Waals surface area contributed by atoms with Crippen molar-refractivity contribution in [1.82, 2.24) is 15.3 Å². The van der Waals surface area contributed by atoms with Gasteiger partial charge in [0, 0.05) is 24.0 Å². The maximum atomic E-state index is 10.5. The summed E-state index contributed by atoms with van der Waals surface area (Å²) in [5, 5.41) is 9.89. The number of halogens is 1. The smallest absolute Gasteiger partial charge is 0.261 e. The van der Waals surface area contributed by atoms with Crippen LogP contribution in [-0.4, -0.2) is 40.4 Å². The van der Waals surface area contributed by atoms with Crippen LogP contribution in [0, 0.1) is 10.1 Å². The van der Waals surface area contributed by atoms with E-state index < -0.39 is 5.03 Å². The predicted molar refractivity (Wildman–Crippen MR) is 70.5 cm³/mol. The molecule has 1 aliphatic rings. The minimum atomic E-state index is -0.632. The summed E-state index contributed by atoms with van der Waals surface area (Å²) < 4.78 is 5.98. The second-order valence-electron chi connectivity index (χ2n) is 3.67. The summed E-state index contributed by atoms with van der Waals surface area (Å²) >= 11 is 7.14. The Morgan fingerprint density at radius 1 is 1.79 bits per heavy atom. The van der Waals surface area contributed by atoms with Crippen molar-refractivity contribution in [2.75, 3.05) is 13.3 Å². The van der Waals surface area contributed by atoms with Crippen molar-refractivity contribution in [2.45, 2.75) is 19.6 Å². The maximum absolute atomic E-state index is 10.5. The van der Waals surface area contributed by atoms with Crippen molar-refractivity contribution in [2.24, 2.45) is 4.99 Å². The lowest BCUT2D eigenvalue weighted by Gasteiger charge is -2.33. The summed E-state index contributed by atoms with van der Waals surface area (Å²) in [7, 11) is 0. The van der Waals surface area contributed by atoms with Gasteiger partial charge in [0.15, 0.2) is 9.50 Å². The van der Waals surface area contributed by atoms with Crippen molar-refractivity contribution in [3.8, 4) is 0 Å². The fraction of sp³-hybridized carbons (Fsp3) is 0.556. The molecule has 8 nitrogen and oxygen atoms in total. The SMILES string of the molecule is CCN1C(N[N+](=O)[O-])=NCOC1Cc1cnc(Cl)s1. The van der Waals surface area contributed by atoms with E-state index in [4.69, 9.17) is 16.3 Å². The van der Waals surface area contributed by atoms with E-state index in [-0.39, 0.29) is 18.9 Å². The van der Waals surface area contributed by atoms with Gasteiger partial charge in [-0.2, -0.15) is 0 Å². The minimum absolute atomic E-state index is 0.0872. The summed E-state index contributed by atoms with van der Waals surface area (Å²) in [5.41, 5.74) is 2.08. The lowest BCUT2D eigenvalue weighted by molar-refractivity contribution is -0.527. The van der Waals surface area contributed by atoms with Gasteiger partial charge in [0.2, 0.25) is 0 Å². The number of hydrazine groups is 1. The van der Waals surface area contributed by atoms with Gasteiger partial charge in [-0.05, 0) is 6.92 Å². The van der Waals surface area contributed by atoms with Crippen molar-refractivity contribution in [3.63, 3.8) is 0 Å². The molecular weight excluding hydrogens is 294 g/mol. The maximum Gasteiger partial charge on any atom is 0.261 e. The number of hydrogen-bond donors (Lipinski definition) is 1. The molecule has 2 rings (SSSR count). The highest BCUT2D eigenvalue weighted by Crippen LogP contribution is 2.22. The number of thiazole rings is 1. The number of aliphatic imine (C=N–C) groups is 1. The molecule has 1 unspecified atom stereocenters. The number of aromatic nitrogens is 1. The molecule has 0 aromatic carbocycles. The molecule has 0 fully saturated rings. The average molecular weight is 306 g/mol. The topological polar surface area (TPSA) is 92.9 Å². The number of rotatable bonds is 4. The molecule has 2 heterocycles. The van der Waals surface area contributed by atoms with Gasteiger partial charge in [0.1, 0.15) is 13.0 Å². The van der Waals surface area contributed by atoms with Crippen LogP contribution >= 0.6 is 22.9 Å². The van der Waals surface area contributed by atoms with Gasteiger partial charge in [0.25, 0.3) is 5.96 Å². The number of likely N-dealkylation sites (N-methyl/N-ethyl adjacent to an activating group) is 1. The van der Waals surface area contributed by atoms with Gasteiger partial charge in [0.05, 0.1) is 0 Å². The highest BCUT2D eigenvalue weighted by molar-refractivity contribution is 7.15. The third-order valence-electron chi connectivity index (χ3n) is 2.53. The van der Waals surface area contributed by atoms with Crippen LogP contribution in [0.5, 0.6) is 0 Å². The zero-order valence-corrected chi connectivity index (χ0v) is 11.6. The van der Waals surface area contributed by atoms with Crippen molar-refractivity contribution >= 4 is 28.9 Å². The normalized spacial score (nSPS) is 19.2. The quantitative estimate of drug-likeness (QED) is 0.661. The van der Waals surface area contributed by atoms with Crippen LogP contribution < -0.4 is 5.43 Å². The Balaban J connectivity index is 2.08. The summed E-state index contributed by atoms with van der Waals surface area (Å²) in [5.74, 6) is 0.208. The molecule has 1 atom stereocenters. The second kappa shape index (κ2) is 6.13. The highest BCUT2D eigenvalue weighted by atomic mass is 35.5. The number of nitrogens with zero attached hydrogens (tertiary/aromatic N) is 4. The standard InChI is InChI=1S/C9H12ClN5O3S/c1-2-14-7(3-6-4-11-8(10)19-6)18-5-12-9(14)13-15(16)17/h4,7H,2-3,5H2,1H3,(H,12,13). The van der Waals surface area contributed by atoms with E-state index in [0.717, 1.165) is 4.88 Å². The van der Waals surface area contributed by atoms with E-state index in [2.05, 4.69) is 15.4 Å². The van der Waals surface area contributed by atoms with Gasteiger partial charge in [-0.25, -0.2) is 20.1 Å². The van der Waals surface area contributed by atoms with Gasteiger partial charge < -0.3 is 9.64 Å². The lowest BCUT2D eigenvalue weighted by Crippen LogP contribution is -2.53. The molecule has 1 aromatic heterocycles. The summed E-state index contributed by atoms with van der Waals surface area (Å²) in [6, 6.07) is 0. The second-order valence-corrected chi connectivity index (χ2v) is 5.37. The molecule has 0 spiro atoms. The van der Waals surface area contributed by atoms with E-state index in [1.54, 1.807) is 11.1 Å². The Kier molecular flexibility index (Phi) is 4.51. The largest absolute Gasteiger partial charge is 0.336 e. The molecule has 1 aromatic rings. The molecule has 0 bridgehead atoms. The predicted octanol–water partition coefficient (Wildman–Crippen LogP) is 1.11. The van der Waals surface area contributed by atoms with Gasteiger partial charge in [-0.15, -0.1) is 11.3 Å². The fourth-order valence-electron chi connectivity index (χ4n) is 1.76. The number of hydrogen-bond acceptors (Lipinski definition) is 7. The Labute approximate surface area is 118 Å². The van der Waals surface area contributed by atoms with Crippen LogP contribution in [0.3, 0.4) is 0 Å². The molecule has 0 radical (unpaired) electrons. The van der Waals surface area contributed by atoms with Crippen molar-refractivity contribution < 1.29 is 9.77 Å². The van der Waals surface area contributed by atoms with Gasteiger partial charge in [-0.3, -0.25) is 0 Å². The van der Waals surface area contributed by atoms with Gasteiger partial charge >= 0.3 is 0 Å². The summed E-state index contributed by atoms with van der Waals surface area (Å²) in [4.78, 5) is 21.1. The molecule has 0 amide bonds. The first-order valence-electron chi connectivity index (χ1n) is 5.54. The monoisotopic (exact) mass is 305 g/mol. The van der Waals surface area contributed by atoms with Crippen LogP contribution in [0.25, 0.3) is 0 Å². The fourth-order valence-corrected chi connectivity index (χ4v) is 2.75. The van der Waals surface area contributed by atoms with Crippen LogP contribution in [-0.2, 0) is 11.2 Å². The molecule has 0 aliphatic carbocycles. The Bertz CT molecular complexity index is 494. The molecular formula is C9H12ClN5O3S. The van der Waals surface area contributed by atoms with E-state index in [1.807, 2.05) is 6.92 Å². The van der Waals surface area contributed by atoms with E-state index in [1.165, 1.54) is 11.3 Å². The molecule has 1 aliphatic heterocycles. The van der Waals surface area contributed by atoms with Gasteiger partial charge in [-0.1, -0.05) is 17.0 Å². The first kappa shape index (κ1) is 14.0. The molecule has 19 heavy (non-hydrogen) atoms. The number of nitro groups is 1. The van der Waals surface area contributed by atoms with Crippen molar-refractivity contribution in [1.29, 1.82) is 0 Å². The zero-order chi connectivity index (χ0) is 13.8. The zero-order valence-electron chi connectivity index (χ0n) is 10.1. The Hall–Kier alpha value is -1.45. The van der Waals surface area contributed by atoms with Crippen LogP contribution in [0.2, 0.25) is 4.47 Å². The Morgan fingerprint density at radius 2 is 2.58 bits per heavy atom. The van der Waals surface area contributed by atoms with Crippen molar-refractivity contribution in [3.05, 3.63) is 25.7 Å². The molecule has 104 valence electrons. The van der Waals surface area contributed by atoms with E-state index in [9.17, 15) is 10.1 Å².